The first-order chi connectivity index (χ1) is 11.7. The van der Waals surface area contributed by atoms with Crippen LogP contribution in [0.15, 0.2) is 36.4 Å². The SMILES string of the molecule is CC(C)c1ccccc1NC(=O)c1cc([N+](=O)[O-])cc([N+](=O)[O-])c1Cl. The number of nitro groups is 2. The first-order valence-electron chi connectivity index (χ1n) is 7.25. The summed E-state index contributed by atoms with van der Waals surface area (Å²) in [6, 6.07) is 8.68. The molecule has 0 aliphatic rings. The Kier molecular flexibility index (Phi) is 5.33. The Morgan fingerprint density at radius 3 is 2.32 bits per heavy atom. The average Bonchev–Trinajstić information content (AvgIpc) is 2.54. The molecule has 0 atom stereocenters. The number of para-hydroxylation sites is 1. The van der Waals surface area contributed by atoms with Gasteiger partial charge >= 0.3 is 0 Å². The molecule has 0 spiro atoms. The molecule has 0 aliphatic carbocycles. The zero-order chi connectivity index (χ0) is 18.7. The quantitative estimate of drug-likeness (QED) is 0.618. The fourth-order valence-electron chi connectivity index (χ4n) is 2.30. The highest BCUT2D eigenvalue weighted by molar-refractivity contribution is 6.36. The minimum absolute atomic E-state index is 0.117. The molecule has 2 aromatic rings. The third kappa shape index (κ3) is 3.92. The van der Waals surface area contributed by atoms with Crippen molar-refractivity contribution >= 4 is 34.6 Å². The molecule has 8 nitrogen and oxygen atoms in total. The number of benzene rings is 2. The van der Waals surface area contributed by atoms with Gasteiger partial charge in [0.25, 0.3) is 17.3 Å². The second kappa shape index (κ2) is 7.27. The van der Waals surface area contributed by atoms with Crippen molar-refractivity contribution in [1.29, 1.82) is 0 Å². The molecule has 0 aliphatic heterocycles. The average molecular weight is 364 g/mol. The van der Waals surface area contributed by atoms with Crippen molar-refractivity contribution in [2.45, 2.75) is 19.8 Å². The number of halogens is 1. The van der Waals surface area contributed by atoms with Gasteiger partial charge in [-0.25, -0.2) is 0 Å². The van der Waals surface area contributed by atoms with Gasteiger partial charge in [0.2, 0.25) is 0 Å². The number of nitrogens with zero attached hydrogens (tertiary/aromatic N) is 2. The summed E-state index contributed by atoms with van der Waals surface area (Å²) < 4.78 is 0. The van der Waals surface area contributed by atoms with Crippen molar-refractivity contribution < 1.29 is 14.6 Å². The van der Waals surface area contributed by atoms with E-state index in [4.69, 9.17) is 11.6 Å². The summed E-state index contributed by atoms with van der Waals surface area (Å²) in [5, 5.41) is 24.2. The van der Waals surface area contributed by atoms with Crippen LogP contribution in [0.5, 0.6) is 0 Å². The van der Waals surface area contributed by atoms with Crippen molar-refractivity contribution in [1.82, 2.24) is 0 Å². The number of hydrogen-bond acceptors (Lipinski definition) is 5. The van der Waals surface area contributed by atoms with E-state index < -0.39 is 32.2 Å². The van der Waals surface area contributed by atoms with Crippen molar-refractivity contribution in [3.8, 4) is 0 Å². The van der Waals surface area contributed by atoms with Crippen LogP contribution < -0.4 is 5.32 Å². The molecule has 0 heterocycles. The number of non-ortho nitro benzene ring substituents is 1. The predicted octanol–water partition coefficient (Wildman–Crippen LogP) is 4.53. The fourth-order valence-corrected chi connectivity index (χ4v) is 2.57. The highest BCUT2D eigenvalue weighted by atomic mass is 35.5. The number of anilines is 1. The van der Waals surface area contributed by atoms with E-state index in [0.717, 1.165) is 17.7 Å². The third-order valence-electron chi connectivity index (χ3n) is 3.52. The van der Waals surface area contributed by atoms with Crippen molar-refractivity contribution in [2.24, 2.45) is 0 Å². The van der Waals surface area contributed by atoms with Gasteiger partial charge in [-0.3, -0.25) is 25.0 Å². The molecule has 0 saturated carbocycles. The molecular formula is C16H14ClN3O5. The zero-order valence-electron chi connectivity index (χ0n) is 13.4. The smallest absolute Gasteiger partial charge is 0.295 e. The third-order valence-corrected chi connectivity index (χ3v) is 3.92. The van der Waals surface area contributed by atoms with Gasteiger partial charge in [-0.05, 0) is 17.5 Å². The van der Waals surface area contributed by atoms with Crippen LogP contribution in [-0.2, 0) is 0 Å². The summed E-state index contributed by atoms with van der Waals surface area (Å²) in [6.45, 7) is 3.88. The largest absolute Gasteiger partial charge is 0.322 e. The lowest BCUT2D eigenvalue weighted by Crippen LogP contribution is -2.15. The van der Waals surface area contributed by atoms with E-state index in [-0.39, 0.29) is 11.5 Å². The van der Waals surface area contributed by atoms with E-state index in [2.05, 4.69) is 5.32 Å². The van der Waals surface area contributed by atoms with Gasteiger partial charge in [-0.15, -0.1) is 0 Å². The van der Waals surface area contributed by atoms with E-state index in [0.29, 0.717) is 5.69 Å². The van der Waals surface area contributed by atoms with Crippen LogP contribution in [0.3, 0.4) is 0 Å². The summed E-state index contributed by atoms with van der Waals surface area (Å²) >= 11 is 5.92. The van der Waals surface area contributed by atoms with Crippen LogP contribution in [0.4, 0.5) is 17.1 Å². The van der Waals surface area contributed by atoms with Crippen LogP contribution in [0.1, 0.15) is 35.7 Å². The number of nitrogens with one attached hydrogen (secondary N) is 1. The number of hydrogen-bond donors (Lipinski definition) is 1. The molecule has 0 unspecified atom stereocenters. The van der Waals surface area contributed by atoms with E-state index in [1.165, 1.54) is 0 Å². The molecule has 1 N–H and O–H groups in total. The molecule has 0 saturated heterocycles. The number of amides is 1. The Bertz CT molecular complexity index is 867. The first-order valence-corrected chi connectivity index (χ1v) is 7.62. The maximum Gasteiger partial charge on any atom is 0.295 e. The summed E-state index contributed by atoms with van der Waals surface area (Å²) in [7, 11) is 0. The summed E-state index contributed by atoms with van der Waals surface area (Å²) in [6.07, 6.45) is 0. The maximum atomic E-state index is 12.5. The van der Waals surface area contributed by atoms with Gasteiger partial charge in [-0.1, -0.05) is 43.6 Å². The number of nitro benzene ring substituents is 2. The Morgan fingerprint density at radius 2 is 1.76 bits per heavy atom. The molecular weight excluding hydrogens is 350 g/mol. The molecule has 25 heavy (non-hydrogen) atoms. The lowest BCUT2D eigenvalue weighted by Gasteiger charge is -2.14. The van der Waals surface area contributed by atoms with Gasteiger partial charge in [0.1, 0.15) is 5.02 Å². The summed E-state index contributed by atoms with van der Waals surface area (Å²) in [5.41, 5.74) is -0.252. The van der Waals surface area contributed by atoms with Crippen LogP contribution in [0.2, 0.25) is 5.02 Å². The maximum absolute atomic E-state index is 12.5. The molecule has 0 fully saturated rings. The minimum atomic E-state index is -0.867. The topological polar surface area (TPSA) is 115 Å². The second-order valence-corrected chi connectivity index (χ2v) is 5.91. The molecule has 9 heteroatoms. The lowest BCUT2D eigenvalue weighted by molar-refractivity contribution is -0.394. The minimum Gasteiger partial charge on any atom is -0.322 e. The molecule has 0 aromatic heterocycles. The normalized spacial score (nSPS) is 10.6. The van der Waals surface area contributed by atoms with Crippen molar-refractivity contribution in [3.05, 3.63) is 72.8 Å². The Hall–Kier alpha value is -3.00. The van der Waals surface area contributed by atoms with Gasteiger partial charge in [-0.2, -0.15) is 0 Å². The molecule has 2 rings (SSSR count). The van der Waals surface area contributed by atoms with E-state index in [1.807, 2.05) is 26.0 Å². The monoisotopic (exact) mass is 363 g/mol. The lowest BCUT2D eigenvalue weighted by atomic mass is 10.0. The van der Waals surface area contributed by atoms with E-state index in [9.17, 15) is 25.0 Å². The molecule has 0 radical (unpaired) electrons. The first kappa shape index (κ1) is 18.3. The second-order valence-electron chi connectivity index (χ2n) is 5.54. The molecule has 1 amide bonds. The number of rotatable bonds is 5. The Balaban J connectivity index is 2.49. The van der Waals surface area contributed by atoms with Crippen LogP contribution >= 0.6 is 11.6 Å². The van der Waals surface area contributed by atoms with E-state index >= 15 is 0 Å². The predicted molar refractivity (Wildman–Crippen MR) is 93.2 cm³/mol. The Morgan fingerprint density at radius 1 is 1.12 bits per heavy atom. The van der Waals surface area contributed by atoms with Crippen molar-refractivity contribution in [3.63, 3.8) is 0 Å². The van der Waals surface area contributed by atoms with Gasteiger partial charge in [0.15, 0.2) is 0 Å². The highest BCUT2D eigenvalue weighted by Gasteiger charge is 2.26. The van der Waals surface area contributed by atoms with Gasteiger partial charge in [0, 0.05) is 11.8 Å². The summed E-state index contributed by atoms with van der Waals surface area (Å²) in [4.78, 5) is 32.8. The fraction of sp³-hybridized carbons (Fsp3) is 0.188. The molecule has 2 aromatic carbocycles. The highest BCUT2D eigenvalue weighted by Crippen LogP contribution is 2.34. The Labute approximate surface area is 147 Å². The number of carbonyl (C=O) groups is 1. The van der Waals surface area contributed by atoms with Gasteiger partial charge < -0.3 is 5.32 Å². The molecule has 0 bridgehead atoms. The number of carbonyl (C=O) groups excluding carboxylic acids is 1. The van der Waals surface area contributed by atoms with Crippen molar-refractivity contribution in [2.75, 3.05) is 5.32 Å². The van der Waals surface area contributed by atoms with Crippen LogP contribution in [0.25, 0.3) is 0 Å². The van der Waals surface area contributed by atoms with Gasteiger partial charge in [0.05, 0.1) is 21.5 Å². The van der Waals surface area contributed by atoms with Crippen LogP contribution in [-0.4, -0.2) is 15.8 Å². The standard InChI is InChI=1S/C16H14ClN3O5/c1-9(2)11-5-3-4-6-13(11)18-16(21)12-7-10(19(22)23)8-14(15(12)17)20(24)25/h3-9H,1-2H3,(H,18,21). The summed E-state index contributed by atoms with van der Waals surface area (Å²) in [5.74, 6) is -0.642. The molecule has 130 valence electrons. The van der Waals surface area contributed by atoms with E-state index in [1.54, 1.807) is 12.1 Å². The zero-order valence-corrected chi connectivity index (χ0v) is 14.1. The van der Waals surface area contributed by atoms with Crippen LogP contribution in [0, 0.1) is 20.2 Å².